The Bertz CT molecular complexity index is 3170. The summed E-state index contributed by atoms with van der Waals surface area (Å²) < 4.78 is 33.4. The quantitative estimate of drug-likeness (QED) is 0.0134. The molecule has 26 heteroatoms. The number of hydrogen-bond donors (Lipinski definition) is 4. The average molecular weight is 1520 g/mol. The van der Waals surface area contributed by atoms with Gasteiger partial charge in [0.1, 0.15) is 47.2 Å². The van der Waals surface area contributed by atoms with Crippen LogP contribution in [0.4, 0.5) is 9.59 Å². The molecule has 103 heavy (non-hydrogen) atoms. The molecule has 1 heterocycles. The lowest BCUT2D eigenvalue weighted by Crippen LogP contribution is -2.49. The van der Waals surface area contributed by atoms with Gasteiger partial charge in [0.25, 0.3) is 5.91 Å². The molecule has 0 fully saturated rings. The number of aromatic nitrogens is 1. The first-order chi connectivity index (χ1) is 48.7. The number of thiazole rings is 1. The van der Waals surface area contributed by atoms with Crippen LogP contribution < -0.4 is 21.3 Å². The van der Waals surface area contributed by atoms with Gasteiger partial charge in [-0.1, -0.05) is 216 Å². The summed E-state index contributed by atoms with van der Waals surface area (Å²) >= 11 is 3.74. The molecule has 0 spiro atoms. The van der Waals surface area contributed by atoms with E-state index in [0.717, 1.165) is 90.6 Å². The standard InChI is InChI=1S/C40H57NO7SSi.C37H62N4O9S2Si/c1-7-8-9-10-11-23-37(43)49-25-17-16-18-30(27-36(42)46-24-26-50(4,5)6)48-39(44)38(29(2)3)41-40(45)47-28-35-33-21-14-12-19-31(33)32-20-13-15-22-34(32)35;1-10-11-12-13-14-18-32(44)51-20-16-15-17-27(22-31(43)48-19-21-53(7,8)9)49-35(46)33(26(2)3)41-29(42)23-38-34(45)28-25-52-30(40-28)24-39-36(47)50-37(4,5)6/h12-16,18-22,29-30,35,38H,7-11,17,23-28H2,1-6H3,(H,41,45);15,17,25-27,33H,10-14,16,18-24H2,1-9H3,(H,38,45)(H,39,47)(H,41,42)/b18-16+;17-15+/t30-,38+;27-,33+/m11/s1. The minimum absolute atomic E-state index is 0.0653. The van der Waals surface area contributed by atoms with Crippen molar-refractivity contribution in [3.05, 3.63) is 100 Å². The Balaban J connectivity index is 0.000000536. The van der Waals surface area contributed by atoms with Gasteiger partial charge in [-0.25, -0.2) is 24.2 Å². The first-order valence-electron chi connectivity index (χ1n) is 36.7. The first-order valence-corrected chi connectivity index (χ1v) is 46.9. The minimum atomic E-state index is -1.43. The molecule has 1 aliphatic carbocycles. The molecule has 2 aromatic carbocycles. The van der Waals surface area contributed by atoms with Gasteiger partial charge >= 0.3 is 36.1 Å². The van der Waals surface area contributed by atoms with Crippen LogP contribution in [0, 0.1) is 11.8 Å². The van der Waals surface area contributed by atoms with Crippen molar-refractivity contribution >= 4 is 109 Å². The summed E-state index contributed by atoms with van der Waals surface area (Å²) in [5, 5.41) is 12.7. The lowest BCUT2D eigenvalue weighted by molar-refractivity contribution is -0.157. The minimum Gasteiger partial charge on any atom is -0.466 e. The fourth-order valence-corrected chi connectivity index (χ4v) is 13.9. The van der Waals surface area contributed by atoms with Gasteiger partial charge in [-0.15, -0.1) is 11.3 Å². The Kier molecular flexibility index (Phi) is 42.6. The summed E-state index contributed by atoms with van der Waals surface area (Å²) in [5.74, 6) is -3.21. The summed E-state index contributed by atoms with van der Waals surface area (Å²) in [5.41, 5.74) is 3.86. The van der Waals surface area contributed by atoms with Crippen molar-refractivity contribution in [2.75, 3.05) is 37.9 Å². The number of rotatable bonds is 45. The van der Waals surface area contributed by atoms with E-state index in [2.05, 4.69) is 91.5 Å². The van der Waals surface area contributed by atoms with E-state index in [-0.39, 0.29) is 66.3 Å². The van der Waals surface area contributed by atoms with Gasteiger partial charge < -0.3 is 49.7 Å². The van der Waals surface area contributed by atoms with Crippen LogP contribution >= 0.6 is 34.9 Å². The SMILES string of the molecule is CCCCCCCC(=O)SCC/C=C/[C@H](CC(=O)OCC[Si](C)(C)C)OC(=O)[C@@H](NC(=O)CNC(=O)c1csc(CNC(=O)OC(C)(C)C)n1)C(C)C.CCCCCCCC(=O)SCC/C=C/[C@H](CC(=O)OCC[Si](C)(C)C)OC(=O)[C@@H](NC(=O)OCC1c2ccccc2-c2ccccc21)C(C)C. The zero-order valence-electron chi connectivity index (χ0n) is 63.9. The molecule has 3 aromatic rings. The highest BCUT2D eigenvalue weighted by Gasteiger charge is 2.34. The molecule has 4 atom stereocenters. The number of unbranched alkanes of at least 4 members (excludes halogenated alkanes) is 8. The molecule has 574 valence electrons. The van der Waals surface area contributed by atoms with E-state index < -0.39 is 100 Å². The van der Waals surface area contributed by atoms with E-state index in [1.165, 1.54) is 48.2 Å². The second-order valence-corrected chi connectivity index (χ2v) is 44.3. The molecule has 1 aliphatic rings. The predicted octanol–water partition coefficient (Wildman–Crippen LogP) is 16.1. The van der Waals surface area contributed by atoms with Gasteiger partial charge in [0, 0.05) is 51.8 Å². The number of alkyl carbamates (subject to hydrolysis) is 2. The predicted molar refractivity (Wildman–Crippen MR) is 418 cm³/mol. The maximum Gasteiger partial charge on any atom is 0.408 e. The van der Waals surface area contributed by atoms with Crippen molar-refractivity contribution in [2.24, 2.45) is 11.8 Å². The Hall–Kier alpha value is -6.62. The highest BCUT2D eigenvalue weighted by Crippen LogP contribution is 2.44. The molecular formula is C77H119N5O16S3Si2. The summed E-state index contributed by atoms with van der Waals surface area (Å²) in [6.45, 7) is 30.2. The number of ether oxygens (including phenoxy) is 6. The van der Waals surface area contributed by atoms with Crippen molar-refractivity contribution in [1.82, 2.24) is 26.3 Å². The smallest absolute Gasteiger partial charge is 0.408 e. The number of hydrogen-bond acceptors (Lipinski definition) is 20. The lowest BCUT2D eigenvalue weighted by atomic mass is 9.98. The maximum atomic E-state index is 13.5. The van der Waals surface area contributed by atoms with Crippen LogP contribution in [0.1, 0.15) is 198 Å². The van der Waals surface area contributed by atoms with Crippen LogP contribution in [-0.4, -0.2) is 147 Å². The van der Waals surface area contributed by atoms with E-state index >= 15 is 0 Å². The van der Waals surface area contributed by atoms with Crippen LogP contribution in [0.15, 0.2) is 78.2 Å². The van der Waals surface area contributed by atoms with Gasteiger partial charge in [0.2, 0.25) is 5.91 Å². The van der Waals surface area contributed by atoms with Crippen molar-refractivity contribution < 1.29 is 76.4 Å². The highest BCUT2D eigenvalue weighted by molar-refractivity contribution is 8.13. The molecule has 21 nitrogen and oxygen atoms in total. The number of nitrogens with one attached hydrogen (secondary N) is 4. The van der Waals surface area contributed by atoms with Crippen LogP contribution in [0.25, 0.3) is 11.1 Å². The van der Waals surface area contributed by atoms with Crippen molar-refractivity contribution in [3.63, 3.8) is 0 Å². The van der Waals surface area contributed by atoms with Gasteiger partial charge in [-0.05, 0) is 105 Å². The second-order valence-electron chi connectivity index (χ2n) is 29.8. The number of fused-ring (bicyclic) bond motifs is 3. The zero-order chi connectivity index (χ0) is 76.5. The molecular weight excluding hydrogens is 1400 g/mol. The number of carbonyl (C=O) groups excluding carboxylic acids is 10. The monoisotopic (exact) mass is 1520 g/mol. The molecule has 0 saturated carbocycles. The van der Waals surface area contributed by atoms with E-state index in [9.17, 15) is 47.9 Å². The summed E-state index contributed by atoms with van der Waals surface area (Å²) in [4.78, 5) is 131. The lowest BCUT2D eigenvalue weighted by Gasteiger charge is -2.24. The number of benzene rings is 2. The number of amides is 4. The Morgan fingerprint density at radius 1 is 0.592 bits per heavy atom. The molecule has 4 rings (SSSR count). The molecule has 0 radical (unpaired) electrons. The van der Waals surface area contributed by atoms with E-state index in [1.54, 1.807) is 52.8 Å². The summed E-state index contributed by atoms with van der Waals surface area (Å²) in [7, 11) is -2.83. The number of carbonyl (C=O) groups is 10. The number of esters is 4. The third-order valence-corrected chi connectivity index (χ3v) is 22.2. The van der Waals surface area contributed by atoms with Gasteiger partial charge in [0.15, 0.2) is 10.2 Å². The maximum absolute atomic E-state index is 13.5. The first kappa shape index (κ1) is 90.6. The molecule has 0 saturated heterocycles. The number of allylic oxidation sites excluding steroid dienone is 2. The summed E-state index contributed by atoms with van der Waals surface area (Å²) in [6.07, 6.45) is 16.6. The third kappa shape index (κ3) is 39.9. The average Bonchev–Trinajstić information content (AvgIpc) is 1.62. The van der Waals surface area contributed by atoms with Crippen LogP contribution in [0.3, 0.4) is 0 Å². The van der Waals surface area contributed by atoms with Crippen LogP contribution in [-0.2, 0) is 68.5 Å². The van der Waals surface area contributed by atoms with Crippen molar-refractivity contribution in [2.45, 2.75) is 259 Å². The molecule has 1 aromatic heterocycles. The zero-order valence-corrected chi connectivity index (χ0v) is 68.4. The van der Waals surface area contributed by atoms with E-state index in [1.807, 2.05) is 56.3 Å². The molecule has 0 unspecified atom stereocenters. The molecule has 0 bridgehead atoms. The largest absolute Gasteiger partial charge is 0.466 e. The van der Waals surface area contributed by atoms with Crippen LogP contribution in [0.5, 0.6) is 0 Å². The van der Waals surface area contributed by atoms with Crippen molar-refractivity contribution in [1.29, 1.82) is 0 Å². The highest BCUT2D eigenvalue weighted by atomic mass is 32.2. The Labute approximate surface area is 627 Å². The normalized spacial score (nSPS) is 13.4. The van der Waals surface area contributed by atoms with E-state index in [0.29, 0.717) is 48.8 Å². The molecule has 0 aliphatic heterocycles. The van der Waals surface area contributed by atoms with Crippen LogP contribution in [0.2, 0.25) is 51.4 Å². The second kappa shape index (κ2) is 48.5. The van der Waals surface area contributed by atoms with E-state index in [4.69, 9.17) is 28.4 Å². The van der Waals surface area contributed by atoms with Gasteiger partial charge in [-0.2, -0.15) is 0 Å². The molecule has 4 N–H and O–H groups in total. The fraction of sp³-hybridized carbons (Fsp3) is 0.623. The number of thioether (sulfide) groups is 2. The van der Waals surface area contributed by atoms with Gasteiger partial charge in [0.05, 0.1) is 39.1 Å². The van der Waals surface area contributed by atoms with Gasteiger partial charge in [-0.3, -0.25) is 28.8 Å². The number of nitrogens with zero attached hydrogens (tertiary/aromatic N) is 1. The topological polar surface area (TPSA) is 287 Å². The third-order valence-electron chi connectivity index (χ3n) is 16.0. The fourth-order valence-electron chi connectivity index (χ4n) is 10.2. The molecule has 4 amide bonds. The Morgan fingerprint density at radius 3 is 1.50 bits per heavy atom. The van der Waals surface area contributed by atoms with Crippen molar-refractivity contribution in [3.8, 4) is 11.1 Å². The summed E-state index contributed by atoms with van der Waals surface area (Å²) in [6, 6.07) is 15.8. The Morgan fingerprint density at radius 2 is 1.05 bits per heavy atom.